The Morgan fingerprint density at radius 2 is 1.88 bits per heavy atom. The molecule has 174 valence electrons. The highest BCUT2D eigenvalue weighted by Crippen LogP contribution is 2.37. The Morgan fingerprint density at radius 3 is 2.62 bits per heavy atom. The van der Waals surface area contributed by atoms with Crippen molar-refractivity contribution in [2.45, 2.75) is 51.2 Å². The molecule has 1 N–H and O–H groups in total. The zero-order valence-electron chi connectivity index (χ0n) is 19.7. The Morgan fingerprint density at radius 1 is 1.12 bits per heavy atom. The van der Waals surface area contributed by atoms with Crippen molar-refractivity contribution < 1.29 is 9.53 Å². The summed E-state index contributed by atoms with van der Waals surface area (Å²) in [6.07, 6.45) is 6.02. The van der Waals surface area contributed by atoms with Gasteiger partial charge in [0.1, 0.15) is 0 Å². The van der Waals surface area contributed by atoms with E-state index in [1.807, 2.05) is 35.4 Å². The van der Waals surface area contributed by atoms with E-state index in [0.29, 0.717) is 6.04 Å². The molecule has 1 amide bonds. The summed E-state index contributed by atoms with van der Waals surface area (Å²) in [5, 5.41) is 1.02. The molecule has 0 aliphatic carbocycles. The maximum absolute atomic E-state index is 13.2. The number of ether oxygens (including phenoxy) is 1. The molecular formula is C26H38N4O2. The van der Waals surface area contributed by atoms with Crippen LogP contribution in [-0.2, 0) is 4.74 Å². The molecule has 6 nitrogen and oxygen atoms in total. The molecule has 0 bridgehead atoms. The van der Waals surface area contributed by atoms with Crippen LogP contribution >= 0.6 is 0 Å². The second-order valence-corrected chi connectivity index (χ2v) is 10.4. The van der Waals surface area contributed by atoms with Gasteiger partial charge in [-0.1, -0.05) is 32.0 Å². The predicted octanol–water partition coefficient (Wildman–Crippen LogP) is 3.60. The fourth-order valence-corrected chi connectivity index (χ4v) is 6.03. The number of para-hydroxylation sites is 1. The maximum atomic E-state index is 13.2. The topological polar surface area (TPSA) is 51.8 Å². The number of hydrogen-bond donors (Lipinski definition) is 1. The van der Waals surface area contributed by atoms with Gasteiger partial charge in [-0.05, 0) is 37.7 Å². The van der Waals surface area contributed by atoms with E-state index in [1.165, 1.54) is 32.7 Å². The highest BCUT2D eigenvalue weighted by Gasteiger charge is 2.43. The molecule has 1 spiro atoms. The van der Waals surface area contributed by atoms with Crippen LogP contribution in [0.4, 0.5) is 0 Å². The predicted molar refractivity (Wildman–Crippen MR) is 128 cm³/mol. The number of nitrogens with zero attached hydrogens (tertiary/aromatic N) is 3. The minimum atomic E-state index is -0.0466. The van der Waals surface area contributed by atoms with Crippen molar-refractivity contribution in [2.75, 3.05) is 52.4 Å². The molecule has 1 atom stereocenters. The fourth-order valence-electron chi connectivity index (χ4n) is 6.03. The minimum absolute atomic E-state index is 0.0466. The number of rotatable bonds is 4. The SMILES string of the molecule is CC(C)CN1CCN(C2CCOC3(CCN(C(=O)c4c[nH]c5ccccc45)CC3)C2)CC1. The van der Waals surface area contributed by atoms with Crippen LogP contribution in [0, 0.1) is 5.92 Å². The third kappa shape index (κ3) is 4.45. The number of carbonyl (C=O) groups excluding carboxylic acids is 1. The third-order valence-corrected chi connectivity index (χ3v) is 7.80. The lowest BCUT2D eigenvalue weighted by atomic mass is 9.81. The number of hydrogen-bond acceptors (Lipinski definition) is 4. The zero-order valence-corrected chi connectivity index (χ0v) is 19.7. The quantitative estimate of drug-likeness (QED) is 0.793. The lowest BCUT2D eigenvalue weighted by Crippen LogP contribution is -2.57. The molecule has 3 aliphatic heterocycles. The maximum Gasteiger partial charge on any atom is 0.256 e. The molecule has 0 radical (unpaired) electrons. The van der Waals surface area contributed by atoms with Crippen LogP contribution in [0.15, 0.2) is 30.5 Å². The molecule has 4 heterocycles. The van der Waals surface area contributed by atoms with E-state index in [-0.39, 0.29) is 11.5 Å². The monoisotopic (exact) mass is 438 g/mol. The van der Waals surface area contributed by atoms with Gasteiger partial charge < -0.3 is 19.5 Å². The average molecular weight is 439 g/mol. The normalized spacial score (nSPS) is 25.1. The van der Waals surface area contributed by atoms with Crippen LogP contribution in [0.2, 0.25) is 0 Å². The molecule has 3 saturated heterocycles. The van der Waals surface area contributed by atoms with Crippen LogP contribution in [0.3, 0.4) is 0 Å². The van der Waals surface area contributed by atoms with Crippen LogP contribution in [0.1, 0.15) is 49.9 Å². The van der Waals surface area contributed by atoms with Gasteiger partial charge in [0.2, 0.25) is 0 Å². The van der Waals surface area contributed by atoms with Crippen LogP contribution in [0.5, 0.6) is 0 Å². The largest absolute Gasteiger partial charge is 0.375 e. The number of piperidine rings is 1. The molecule has 1 aromatic carbocycles. The second kappa shape index (κ2) is 9.16. The highest BCUT2D eigenvalue weighted by molar-refractivity contribution is 6.06. The minimum Gasteiger partial charge on any atom is -0.375 e. The summed E-state index contributed by atoms with van der Waals surface area (Å²) in [6.45, 7) is 13.0. The number of fused-ring (bicyclic) bond motifs is 1. The van der Waals surface area contributed by atoms with Crippen molar-refractivity contribution in [3.05, 3.63) is 36.0 Å². The highest BCUT2D eigenvalue weighted by atomic mass is 16.5. The van der Waals surface area contributed by atoms with Gasteiger partial charge in [0.05, 0.1) is 11.2 Å². The summed E-state index contributed by atoms with van der Waals surface area (Å²) in [6, 6.07) is 8.67. The van der Waals surface area contributed by atoms with E-state index in [2.05, 4.69) is 28.6 Å². The second-order valence-electron chi connectivity index (χ2n) is 10.4. The summed E-state index contributed by atoms with van der Waals surface area (Å²) >= 11 is 0. The van der Waals surface area contributed by atoms with Gasteiger partial charge in [0, 0.05) is 75.6 Å². The van der Waals surface area contributed by atoms with E-state index >= 15 is 0 Å². The Balaban J connectivity index is 1.17. The number of aromatic amines is 1. The van der Waals surface area contributed by atoms with Crippen molar-refractivity contribution >= 4 is 16.8 Å². The molecular weight excluding hydrogens is 400 g/mol. The van der Waals surface area contributed by atoms with E-state index in [1.54, 1.807) is 0 Å². The molecule has 1 aromatic heterocycles. The number of carbonyl (C=O) groups is 1. The molecule has 0 saturated carbocycles. The van der Waals surface area contributed by atoms with E-state index in [4.69, 9.17) is 4.74 Å². The number of amides is 1. The number of benzene rings is 1. The lowest BCUT2D eigenvalue weighted by molar-refractivity contribution is -0.132. The molecule has 5 rings (SSSR count). The van der Waals surface area contributed by atoms with Crippen molar-refractivity contribution in [1.82, 2.24) is 19.7 Å². The first-order chi connectivity index (χ1) is 15.5. The zero-order chi connectivity index (χ0) is 22.1. The molecule has 3 aliphatic rings. The average Bonchev–Trinajstić information content (AvgIpc) is 3.24. The van der Waals surface area contributed by atoms with Crippen LogP contribution in [0.25, 0.3) is 10.9 Å². The van der Waals surface area contributed by atoms with E-state index < -0.39 is 0 Å². The van der Waals surface area contributed by atoms with Gasteiger partial charge in [0.15, 0.2) is 0 Å². The van der Waals surface area contributed by atoms with Gasteiger partial charge in [0.25, 0.3) is 5.91 Å². The molecule has 6 heteroatoms. The summed E-state index contributed by atoms with van der Waals surface area (Å²) < 4.78 is 6.41. The Hall–Kier alpha value is -1.89. The Kier molecular flexibility index (Phi) is 6.28. The summed E-state index contributed by atoms with van der Waals surface area (Å²) in [7, 11) is 0. The number of H-pyrrole nitrogens is 1. The summed E-state index contributed by atoms with van der Waals surface area (Å²) in [5.41, 5.74) is 1.77. The van der Waals surface area contributed by atoms with Gasteiger partial charge in [-0.2, -0.15) is 0 Å². The van der Waals surface area contributed by atoms with Crippen LogP contribution in [-0.4, -0.2) is 89.7 Å². The van der Waals surface area contributed by atoms with Gasteiger partial charge in [-0.3, -0.25) is 9.69 Å². The van der Waals surface area contributed by atoms with E-state index in [0.717, 1.165) is 67.8 Å². The van der Waals surface area contributed by atoms with Gasteiger partial charge >= 0.3 is 0 Å². The van der Waals surface area contributed by atoms with Crippen molar-refractivity contribution in [3.8, 4) is 0 Å². The summed E-state index contributed by atoms with van der Waals surface area (Å²) in [5.74, 6) is 0.885. The first-order valence-corrected chi connectivity index (χ1v) is 12.5. The smallest absolute Gasteiger partial charge is 0.256 e. The fraction of sp³-hybridized carbons (Fsp3) is 0.654. The Bertz CT molecular complexity index is 923. The lowest BCUT2D eigenvalue weighted by Gasteiger charge is -2.49. The standard InChI is InChI=1S/C26H38N4O2/c1-20(2)19-28-12-14-29(15-13-28)21-7-16-32-26(17-21)8-10-30(11-9-26)25(31)23-18-27-24-6-4-3-5-22(23)24/h3-6,18,20-21,27H,7-17,19H2,1-2H3. The Labute approximate surface area is 191 Å². The molecule has 3 fully saturated rings. The van der Waals surface area contributed by atoms with Crippen molar-refractivity contribution in [1.29, 1.82) is 0 Å². The summed E-state index contributed by atoms with van der Waals surface area (Å²) in [4.78, 5) is 23.8. The number of nitrogens with one attached hydrogen (secondary N) is 1. The first kappa shape index (κ1) is 21.9. The van der Waals surface area contributed by atoms with Crippen molar-refractivity contribution in [3.63, 3.8) is 0 Å². The third-order valence-electron chi connectivity index (χ3n) is 7.80. The molecule has 2 aromatic rings. The molecule has 32 heavy (non-hydrogen) atoms. The first-order valence-electron chi connectivity index (χ1n) is 12.5. The van der Waals surface area contributed by atoms with Gasteiger partial charge in [-0.25, -0.2) is 0 Å². The van der Waals surface area contributed by atoms with Crippen molar-refractivity contribution in [2.24, 2.45) is 5.92 Å². The number of piperazine rings is 1. The number of likely N-dealkylation sites (tertiary alicyclic amines) is 1. The van der Waals surface area contributed by atoms with Crippen LogP contribution < -0.4 is 0 Å². The van der Waals surface area contributed by atoms with E-state index in [9.17, 15) is 4.79 Å². The van der Waals surface area contributed by atoms with Gasteiger partial charge in [-0.15, -0.1) is 0 Å². The molecule has 1 unspecified atom stereocenters. The number of aromatic nitrogens is 1.